The predicted octanol–water partition coefficient (Wildman–Crippen LogP) is 33.3. The van der Waals surface area contributed by atoms with Gasteiger partial charge in [0, 0.05) is 22.7 Å². The van der Waals surface area contributed by atoms with Crippen molar-refractivity contribution in [3.63, 3.8) is 0 Å². The molecule has 0 aromatic heterocycles. The van der Waals surface area contributed by atoms with Crippen LogP contribution >= 0.6 is 34.8 Å². The molecule has 0 unspecified atom stereocenters. The van der Waals surface area contributed by atoms with Gasteiger partial charge in [0.1, 0.15) is 47.0 Å². The number of aliphatic hydroxyl groups excluding tert-OH is 2. The minimum atomic E-state index is -4.50. The molecule has 2 heterocycles. The van der Waals surface area contributed by atoms with Crippen LogP contribution in [0.4, 0.5) is 53.1 Å². The minimum Gasteiger partial charge on any atom is -0.537 e. The van der Waals surface area contributed by atoms with Gasteiger partial charge in [0.2, 0.25) is 0 Å². The molecule has 0 bridgehead atoms. The molecule has 12 aromatic carbocycles. The van der Waals surface area contributed by atoms with E-state index < -0.39 is 47.8 Å². The van der Waals surface area contributed by atoms with E-state index in [1.54, 1.807) is 82.0 Å². The lowest BCUT2D eigenvalue weighted by Crippen LogP contribution is -2.31. The number of halogens is 14. The zero-order chi connectivity index (χ0) is 104. The van der Waals surface area contributed by atoms with E-state index in [0.717, 1.165) is 152 Å². The summed E-state index contributed by atoms with van der Waals surface area (Å²) in [5.41, 5.74) is 26.3. The molecule has 3 N–H and O–H groups in total. The highest BCUT2D eigenvalue weighted by Crippen LogP contribution is 2.44. The Morgan fingerprint density at radius 1 is 0.381 bits per heavy atom. The molecule has 741 valence electrons. The van der Waals surface area contributed by atoms with Crippen LogP contribution in [0, 0.1) is 118 Å². The molecule has 24 heteroatoms. The van der Waals surface area contributed by atoms with Gasteiger partial charge in [-0.2, -0.15) is 26.3 Å². The van der Waals surface area contributed by atoms with Crippen LogP contribution < -0.4 is 4.65 Å². The molecule has 4 atom stereocenters. The van der Waals surface area contributed by atoms with Crippen molar-refractivity contribution in [2.45, 2.75) is 264 Å². The fourth-order valence-electron chi connectivity index (χ4n) is 16.9. The first kappa shape index (κ1) is 114. The molecular formula is C115H127BCl3F11NO8. The van der Waals surface area contributed by atoms with Crippen molar-refractivity contribution >= 4 is 54.6 Å². The first-order valence-electron chi connectivity index (χ1n) is 46.3. The van der Waals surface area contributed by atoms with E-state index >= 15 is 0 Å². The first-order valence-corrected chi connectivity index (χ1v) is 47.7. The van der Waals surface area contributed by atoms with E-state index in [2.05, 4.69) is 50.2 Å². The molecule has 139 heavy (non-hydrogen) atoms. The van der Waals surface area contributed by atoms with Gasteiger partial charge in [-0.05, 0) is 350 Å². The number of hydrogen-bond donors (Lipinski definition) is 3. The lowest BCUT2D eigenvalue weighted by Gasteiger charge is -2.24. The monoisotopic (exact) mass is 1970 g/mol. The second-order valence-corrected chi connectivity index (χ2v) is 38.7. The third-order valence-corrected chi connectivity index (χ3v) is 25.4. The Balaban J connectivity index is 0.000000206. The van der Waals surface area contributed by atoms with Crippen molar-refractivity contribution in [1.29, 1.82) is 0 Å². The van der Waals surface area contributed by atoms with Crippen LogP contribution in [0.5, 0.6) is 5.75 Å². The molecule has 2 aliphatic rings. The number of alkyl halides is 8. The predicted molar refractivity (Wildman–Crippen MR) is 542 cm³/mol. The summed E-state index contributed by atoms with van der Waals surface area (Å²) in [6.07, 6.45) is -10.6. The zero-order valence-corrected chi connectivity index (χ0v) is 85.8. The van der Waals surface area contributed by atoms with Crippen LogP contribution in [-0.4, -0.2) is 45.9 Å². The number of aryl methyl sites for hydroxylation is 12. The fraction of sp³-hybridized carbons (Fsp3) is 0.357. The quantitative estimate of drug-likeness (QED) is 0.0316. The number of carbonyl (C=O) groups excluding carboxylic acids is 2. The van der Waals surface area contributed by atoms with Gasteiger partial charge in [0.25, 0.3) is 0 Å². The lowest BCUT2D eigenvalue weighted by atomic mass is 9.90. The van der Waals surface area contributed by atoms with E-state index in [1.165, 1.54) is 23.3 Å². The molecule has 0 spiro atoms. The third kappa shape index (κ3) is 30.2. The lowest BCUT2D eigenvalue weighted by molar-refractivity contribution is -0.142. The van der Waals surface area contributed by atoms with Gasteiger partial charge in [-0.25, -0.2) is 26.7 Å². The summed E-state index contributed by atoms with van der Waals surface area (Å²) in [7, 11) is 0.602. The van der Waals surface area contributed by atoms with Crippen LogP contribution in [0.2, 0.25) is 5.02 Å². The number of benzene rings is 12. The number of cyclic esters (lactones) is 2. The number of esters is 1. The van der Waals surface area contributed by atoms with Gasteiger partial charge in [0.05, 0.1) is 43.3 Å². The summed E-state index contributed by atoms with van der Waals surface area (Å²) in [4.78, 5) is 25.7. The van der Waals surface area contributed by atoms with Gasteiger partial charge < -0.3 is 29.4 Å². The summed E-state index contributed by atoms with van der Waals surface area (Å²) in [5, 5.41) is 27.4. The Kier molecular flexibility index (Phi) is 40.9. The maximum Gasteiger partial charge on any atom is 0.569 e. The highest BCUT2D eigenvalue weighted by molar-refractivity contribution is 6.31. The molecule has 1 radical (unpaired) electrons. The maximum absolute atomic E-state index is 14.6. The van der Waals surface area contributed by atoms with Gasteiger partial charge in [-0.15, -0.1) is 23.2 Å². The molecule has 12 aromatic rings. The molecular weight excluding hydrogens is 1850 g/mol. The normalized spacial score (nSPS) is 14.5. The highest BCUT2D eigenvalue weighted by atomic mass is 35.5. The Labute approximate surface area is 828 Å². The van der Waals surface area contributed by atoms with Crippen molar-refractivity contribution < 1.29 is 87.2 Å². The van der Waals surface area contributed by atoms with E-state index in [-0.39, 0.29) is 96.7 Å². The largest absolute Gasteiger partial charge is 0.569 e. The summed E-state index contributed by atoms with van der Waals surface area (Å²) in [5.74, 6) is 0.631. The third-order valence-electron chi connectivity index (χ3n) is 24.5. The second kappa shape index (κ2) is 50.1. The van der Waals surface area contributed by atoms with Crippen LogP contribution in [0.3, 0.4) is 0 Å². The highest BCUT2D eigenvalue weighted by Gasteiger charge is 2.42. The Morgan fingerprint density at radius 3 is 1.01 bits per heavy atom. The minimum absolute atomic E-state index is 0.00138. The van der Waals surface area contributed by atoms with E-state index in [9.17, 15) is 63.0 Å². The van der Waals surface area contributed by atoms with E-state index in [4.69, 9.17) is 59.1 Å². The Morgan fingerprint density at radius 2 is 0.691 bits per heavy atom. The standard InChI is InChI=1S/C30H31F4NO2.2C18H20ClF.C18H21FO.C13H13F3O2.C10H13BFO2.C8H9ClO/c1-16(2)25-14-26(19(5)12-27(25)31)24-8-7-17(3)9-22(24)15-35-20(6)28(37-29(35)36)21-10-18(4)11-23(13-21)30(32,33)34;2*1-11(2)16-9-17(13(4)8-18(16)20)15-6-5-12(3)7-14(15)10-19;1-11(2)16-9-17(13(4)8-18(16)19)15-6-5-12(3)7-14(15)10-20;1-7-3-9(6-10(4-7)13(14,15)16)12-8(2)5-11(17)18-12;1-6(2)8-5-10(14-11-13)7(3)4-9(8)12;1-6-2-3-8(9)7(4-6)5-10/h7-14,16,20,28H,15H2,1-6H3;2*5-9,11H,10H2,1-4H3;5-9,11,20H,10H2,1-4H3;3-4,6,8,12H,5H2,1-2H3;4-6,13H,1-3H3;2-4,10H,5H2,1H3/t20-,28-;;;;8-,12+;;/m0...1../s1. The zero-order valence-electron chi connectivity index (χ0n) is 83.5. The van der Waals surface area contributed by atoms with Crippen molar-refractivity contribution in [2.75, 3.05) is 0 Å². The molecule has 9 nitrogen and oxygen atoms in total. The second-order valence-electron chi connectivity index (χ2n) is 37.7. The smallest absolute Gasteiger partial charge is 0.537 e. The molecule has 2 fully saturated rings. The number of ether oxygens (including phenoxy) is 2. The number of amides is 1. The summed E-state index contributed by atoms with van der Waals surface area (Å²) in [6, 6.07) is 54.2. The summed E-state index contributed by atoms with van der Waals surface area (Å²) < 4.78 is 164. The van der Waals surface area contributed by atoms with Gasteiger partial charge in [-0.1, -0.05) is 224 Å². The van der Waals surface area contributed by atoms with Crippen LogP contribution in [0.1, 0.15) is 276 Å². The number of aliphatic hydroxyl groups is 2. The van der Waals surface area contributed by atoms with Gasteiger partial charge in [-0.3, -0.25) is 9.69 Å². The van der Waals surface area contributed by atoms with Crippen molar-refractivity contribution in [2.24, 2.45) is 5.92 Å². The molecule has 2 saturated heterocycles. The number of hydrogen-bond acceptors (Lipinski definition) is 8. The number of carbonyl (C=O) groups is 2. The summed E-state index contributed by atoms with van der Waals surface area (Å²) >= 11 is 17.9. The first-order chi connectivity index (χ1) is 65.1. The molecule has 0 saturated carbocycles. The fourth-order valence-corrected chi connectivity index (χ4v) is 17.5. The number of rotatable bonds is 19. The molecule has 1 amide bonds. The summed E-state index contributed by atoms with van der Waals surface area (Å²) in [6.45, 7) is 46.1. The van der Waals surface area contributed by atoms with Crippen LogP contribution in [0.15, 0.2) is 188 Å². The van der Waals surface area contributed by atoms with Gasteiger partial charge >= 0.3 is 32.1 Å². The average molecular weight is 1980 g/mol. The van der Waals surface area contributed by atoms with Crippen molar-refractivity contribution in [3.8, 4) is 50.3 Å². The van der Waals surface area contributed by atoms with E-state index in [0.29, 0.717) is 69.2 Å². The Bertz CT molecular complexity index is 6040. The van der Waals surface area contributed by atoms with Crippen LogP contribution in [0.25, 0.3) is 44.5 Å². The van der Waals surface area contributed by atoms with Crippen molar-refractivity contribution in [1.82, 2.24) is 4.90 Å². The maximum atomic E-state index is 14.6. The molecule has 2 aliphatic heterocycles. The van der Waals surface area contributed by atoms with Gasteiger partial charge in [0.15, 0.2) is 0 Å². The molecule has 14 rings (SSSR count). The van der Waals surface area contributed by atoms with E-state index in [1.807, 2.05) is 190 Å². The molecule has 0 aliphatic carbocycles. The Hall–Kier alpha value is -10.8. The van der Waals surface area contributed by atoms with Crippen LogP contribution in [-0.2, 0) is 58.1 Å². The number of nitrogens with zero attached hydrogens (tertiary/aromatic N) is 1. The topological polar surface area (TPSA) is 126 Å². The SMILES string of the molecule is Cc1cc(F)c(C(C)C)cc1O[B]O.Cc1cc([C@H]2OC(=O)C[C@H]2C)cc(C(F)(F)F)c1.Cc1cc([C@H]2OC(=O)N(Cc3cc(C)ccc3-c3cc(C(C)C)c(F)cc3C)[C@H]2C)cc(C(F)(F)F)c1.Cc1ccc(-c2cc(C(C)C)c(F)cc2C)c(CCl)c1.Cc1ccc(-c2cc(C(C)C)c(F)cc2C)c(CCl)c1.Cc1ccc(-c2cc(C(C)C)c(F)cc2C)c(CO)c1.Cc1ccc(Cl)c(CO)c1. The van der Waals surface area contributed by atoms with Crippen molar-refractivity contribution in [3.05, 3.63) is 367 Å². The average Bonchev–Trinajstić information content (AvgIpc) is 1.74.